The smallest absolute Gasteiger partial charge is 0.151 e. The summed E-state index contributed by atoms with van der Waals surface area (Å²) in [5.74, 6) is -0.324. The van der Waals surface area contributed by atoms with Gasteiger partial charge in [0.25, 0.3) is 0 Å². The van der Waals surface area contributed by atoms with Crippen molar-refractivity contribution in [3.63, 3.8) is 0 Å². The van der Waals surface area contributed by atoms with Gasteiger partial charge in [-0.2, -0.15) is 0 Å². The summed E-state index contributed by atoms with van der Waals surface area (Å²) in [7, 11) is 0. The molecule has 1 fully saturated rings. The molecule has 7 nitrogen and oxygen atoms in total. The predicted octanol–water partition coefficient (Wildman–Crippen LogP) is -0.252. The zero-order chi connectivity index (χ0) is 14.5. The van der Waals surface area contributed by atoms with E-state index in [1.165, 1.54) is 6.33 Å². The van der Waals surface area contributed by atoms with Crippen LogP contribution in [0, 0.1) is 5.92 Å². The molecule has 1 aliphatic rings. The quantitative estimate of drug-likeness (QED) is 0.515. The highest BCUT2D eigenvalue weighted by Crippen LogP contribution is 2.47. The van der Waals surface area contributed by atoms with E-state index in [-0.39, 0.29) is 18.4 Å². The zero-order valence-electron chi connectivity index (χ0n) is 11.1. The maximum absolute atomic E-state index is 10.6. The van der Waals surface area contributed by atoms with Crippen LogP contribution < -0.4 is 5.73 Å². The zero-order valence-corrected chi connectivity index (χ0v) is 11.1. The van der Waals surface area contributed by atoms with Gasteiger partial charge >= 0.3 is 0 Å². The lowest BCUT2D eigenvalue weighted by Crippen LogP contribution is -2.41. The fourth-order valence-electron chi connectivity index (χ4n) is 3.21. The number of H-pyrrole nitrogens is 1. The van der Waals surface area contributed by atoms with Crippen LogP contribution in [0.25, 0.3) is 11.0 Å². The minimum atomic E-state index is -1.32. The first-order valence-corrected chi connectivity index (χ1v) is 6.55. The van der Waals surface area contributed by atoms with Crippen LogP contribution in [0.2, 0.25) is 0 Å². The minimum Gasteiger partial charge on any atom is -0.396 e. The highest BCUT2D eigenvalue weighted by molar-refractivity contribution is 5.87. The van der Waals surface area contributed by atoms with E-state index in [1.54, 1.807) is 13.1 Å². The first kappa shape index (κ1) is 13.3. The first-order valence-electron chi connectivity index (χ1n) is 6.55. The monoisotopic (exact) mass is 278 g/mol. The molecule has 1 saturated carbocycles. The molecule has 0 bridgehead atoms. The molecule has 3 rings (SSSR count). The van der Waals surface area contributed by atoms with E-state index in [1.807, 2.05) is 0 Å². The molecule has 1 aliphatic carbocycles. The van der Waals surface area contributed by atoms with Crippen molar-refractivity contribution in [2.75, 3.05) is 12.3 Å². The average molecular weight is 278 g/mol. The summed E-state index contributed by atoms with van der Waals surface area (Å²) < 4.78 is 0. The molecule has 2 heterocycles. The summed E-state index contributed by atoms with van der Waals surface area (Å²) in [6.07, 6.45) is 2.63. The Morgan fingerprint density at radius 1 is 1.50 bits per heavy atom. The van der Waals surface area contributed by atoms with Gasteiger partial charge in [0.05, 0.1) is 17.2 Å². The van der Waals surface area contributed by atoms with Crippen molar-refractivity contribution >= 4 is 16.9 Å². The second-order valence-electron chi connectivity index (χ2n) is 5.63. The third-order valence-electron chi connectivity index (χ3n) is 4.42. The van der Waals surface area contributed by atoms with Crippen LogP contribution in [0.15, 0.2) is 12.5 Å². The fraction of sp³-hybridized carbons (Fsp3) is 0.538. The summed E-state index contributed by atoms with van der Waals surface area (Å²) in [6, 6.07) is 0. The Kier molecular flexibility index (Phi) is 2.93. The first-order chi connectivity index (χ1) is 9.46. The summed E-state index contributed by atoms with van der Waals surface area (Å²) >= 11 is 0. The van der Waals surface area contributed by atoms with Crippen molar-refractivity contribution < 1.29 is 15.3 Å². The molecule has 0 amide bonds. The number of nitrogens with zero attached hydrogens (tertiary/aromatic N) is 2. The van der Waals surface area contributed by atoms with Gasteiger partial charge in [-0.3, -0.25) is 0 Å². The number of nitrogen functional groups attached to an aromatic ring is 1. The average Bonchev–Trinajstić information content (AvgIpc) is 2.92. The van der Waals surface area contributed by atoms with Gasteiger partial charge in [-0.1, -0.05) is 0 Å². The summed E-state index contributed by atoms with van der Waals surface area (Å²) in [5, 5.41) is 30.0. The third-order valence-corrected chi connectivity index (χ3v) is 4.42. The highest BCUT2D eigenvalue weighted by Gasteiger charge is 2.51. The van der Waals surface area contributed by atoms with Crippen LogP contribution >= 0.6 is 0 Å². The Hall–Kier alpha value is -1.70. The van der Waals surface area contributed by atoms with Crippen LogP contribution in [-0.4, -0.2) is 48.6 Å². The molecule has 0 radical (unpaired) electrons. The van der Waals surface area contributed by atoms with Crippen molar-refractivity contribution in [1.82, 2.24) is 15.0 Å². The van der Waals surface area contributed by atoms with Crippen LogP contribution in [0.3, 0.4) is 0 Å². The molecule has 7 heteroatoms. The molecule has 2 aromatic rings. The number of aliphatic hydroxyl groups excluding tert-OH is 2. The lowest BCUT2D eigenvalue weighted by Gasteiger charge is -2.28. The second kappa shape index (κ2) is 4.41. The number of rotatable bonds is 2. The van der Waals surface area contributed by atoms with E-state index in [0.29, 0.717) is 23.3 Å². The van der Waals surface area contributed by atoms with Gasteiger partial charge in [0.2, 0.25) is 0 Å². The Morgan fingerprint density at radius 3 is 2.90 bits per heavy atom. The lowest BCUT2D eigenvalue weighted by atomic mass is 9.86. The van der Waals surface area contributed by atoms with Crippen molar-refractivity contribution in [3.8, 4) is 0 Å². The van der Waals surface area contributed by atoms with Crippen LogP contribution in [0.1, 0.15) is 24.8 Å². The molecule has 2 aromatic heterocycles. The number of aromatic nitrogens is 3. The Balaban J connectivity index is 2.10. The van der Waals surface area contributed by atoms with Crippen LogP contribution in [-0.2, 0) is 0 Å². The largest absolute Gasteiger partial charge is 0.396 e. The topological polar surface area (TPSA) is 128 Å². The molecule has 0 aliphatic heterocycles. The van der Waals surface area contributed by atoms with Crippen molar-refractivity contribution in [1.29, 1.82) is 0 Å². The third kappa shape index (κ3) is 1.71. The highest BCUT2D eigenvalue weighted by atomic mass is 16.3. The lowest BCUT2D eigenvalue weighted by molar-refractivity contribution is -0.0683. The maximum Gasteiger partial charge on any atom is 0.151 e. The van der Waals surface area contributed by atoms with E-state index in [9.17, 15) is 15.3 Å². The Bertz CT molecular complexity index is 640. The second-order valence-corrected chi connectivity index (χ2v) is 5.63. The SMILES string of the molecule is C[C@@]1(O)[C@H](O)[C@@H](CO)C[C@H]1c1c[nH]c2c(N)ncnc12. The molecular weight excluding hydrogens is 260 g/mol. The van der Waals surface area contributed by atoms with E-state index in [2.05, 4.69) is 15.0 Å². The molecule has 6 N–H and O–H groups in total. The van der Waals surface area contributed by atoms with Gasteiger partial charge in [-0.05, 0) is 13.3 Å². The number of fused-ring (bicyclic) bond motifs is 1. The summed E-state index contributed by atoms with van der Waals surface area (Å²) in [5.41, 5.74) is 6.52. The number of nitrogens with one attached hydrogen (secondary N) is 1. The van der Waals surface area contributed by atoms with Crippen molar-refractivity contribution in [2.24, 2.45) is 5.92 Å². The number of hydrogen-bond donors (Lipinski definition) is 5. The van der Waals surface area contributed by atoms with E-state index in [4.69, 9.17) is 5.73 Å². The Morgan fingerprint density at radius 2 is 2.25 bits per heavy atom. The van der Waals surface area contributed by atoms with Gasteiger partial charge in [0, 0.05) is 30.2 Å². The van der Waals surface area contributed by atoms with E-state index < -0.39 is 11.7 Å². The normalized spacial score (nSPS) is 33.9. The summed E-state index contributed by atoms with van der Waals surface area (Å²) in [4.78, 5) is 11.1. The summed E-state index contributed by atoms with van der Waals surface area (Å²) in [6.45, 7) is 1.43. The number of anilines is 1. The molecule has 0 aromatic carbocycles. The van der Waals surface area contributed by atoms with Gasteiger partial charge in [0.15, 0.2) is 5.82 Å². The van der Waals surface area contributed by atoms with Crippen molar-refractivity contribution in [3.05, 3.63) is 18.1 Å². The molecule has 0 spiro atoms. The minimum absolute atomic E-state index is 0.159. The number of aliphatic hydroxyl groups is 3. The molecule has 4 atom stereocenters. The van der Waals surface area contributed by atoms with Gasteiger partial charge < -0.3 is 26.0 Å². The maximum atomic E-state index is 10.6. The molecular formula is C13H18N4O3. The molecule has 0 saturated heterocycles. The fourth-order valence-corrected chi connectivity index (χ4v) is 3.21. The van der Waals surface area contributed by atoms with Gasteiger partial charge in [-0.15, -0.1) is 0 Å². The number of hydrogen-bond acceptors (Lipinski definition) is 6. The van der Waals surface area contributed by atoms with Crippen molar-refractivity contribution in [2.45, 2.75) is 31.0 Å². The molecule has 108 valence electrons. The standard InChI is InChI=1S/C13H18N4O3/c1-13(20)8(2-6(4-18)11(13)19)7-3-15-10-9(7)16-5-17-12(10)14/h3,5-6,8,11,15,18-20H,2,4H2,1H3,(H2,14,16,17)/t6-,8+,11-,13+/m1/s1. The van der Waals surface area contributed by atoms with Gasteiger partial charge in [-0.25, -0.2) is 9.97 Å². The van der Waals surface area contributed by atoms with Crippen LogP contribution in [0.5, 0.6) is 0 Å². The Labute approximate surface area is 115 Å². The number of aromatic amines is 1. The molecule has 20 heavy (non-hydrogen) atoms. The van der Waals surface area contributed by atoms with E-state index in [0.717, 1.165) is 5.56 Å². The molecule has 0 unspecified atom stereocenters. The van der Waals surface area contributed by atoms with Gasteiger partial charge in [0.1, 0.15) is 11.8 Å². The van der Waals surface area contributed by atoms with E-state index >= 15 is 0 Å². The predicted molar refractivity (Wildman–Crippen MR) is 72.9 cm³/mol. The number of nitrogens with two attached hydrogens (primary N) is 1. The van der Waals surface area contributed by atoms with Crippen LogP contribution in [0.4, 0.5) is 5.82 Å².